The van der Waals surface area contributed by atoms with Crippen molar-refractivity contribution in [2.45, 2.75) is 0 Å². The highest BCUT2D eigenvalue weighted by Gasteiger charge is 2.08. The first-order chi connectivity index (χ1) is 9.24. The van der Waals surface area contributed by atoms with Gasteiger partial charge in [-0.25, -0.2) is 4.98 Å². The number of pyridine rings is 2. The zero-order valence-corrected chi connectivity index (χ0v) is 13.4. The summed E-state index contributed by atoms with van der Waals surface area (Å²) in [6.07, 6.45) is 3.47. The third-order valence-electron chi connectivity index (χ3n) is 2.56. The number of hydrogen-bond acceptors (Lipinski definition) is 3. The van der Waals surface area contributed by atoms with Gasteiger partial charge in [0.1, 0.15) is 11.3 Å². The van der Waals surface area contributed by atoms with Crippen LogP contribution in [0.5, 0.6) is 11.5 Å². The summed E-state index contributed by atoms with van der Waals surface area (Å²) in [5.41, 5.74) is 1.56. The fourth-order valence-corrected chi connectivity index (χ4v) is 2.53. The summed E-state index contributed by atoms with van der Waals surface area (Å²) >= 11 is 5.64. The Hall–Kier alpha value is -1.21. The van der Waals surface area contributed by atoms with E-state index in [0.29, 0.717) is 5.75 Å². The van der Waals surface area contributed by atoms with Gasteiger partial charge < -0.3 is 4.74 Å². The predicted octanol–water partition coefficient (Wildman–Crippen LogP) is 4.79. The predicted molar refractivity (Wildman–Crippen MR) is 86.5 cm³/mol. The van der Waals surface area contributed by atoms with Gasteiger partial charge in [0.15, 0.2) is 5.75 Å². The molecule has 94 valence electrons. The molecule has 1 aromatic carbocycles. The number of fused-ring (bicyclic) bond motifs is 1. The molecule has 0 fully saturated rings. The second kappa shape index (κ2) is 5.42. The maximum Gasteiger partial charge on any atom is 0.156 e. The number of aromatic nitrogens is 2. The zero-order valence-electron chi connectivity index (χ0n) is 9.68. The molecule has 0 atom stereocenters. The molecule has 2 heterocycles. The van der Waals surface area contributed by atoms with E-state index in [4.69, 9.17) is 4.74 Å². The summed E-state index contributed by atoms with van der Waals surface area (Å²) in [4.78, 5) is 8.66. The van der Waals surface area contributed by atoms with E-state index < -0.39 is 0 Å². The van der Waals surface area contributed by atoms with Crippen molar-refractivity contribution >= 4 is 49.6 Å². The molecule has 0 aliphatic heterocycles. The first-order valence-electron chi connectivity index (χ1n) is 5.57. The number of rotatable bonds is 2. The average Bonchev–Trinajstić information content (AvgIpc) is 2.41. The average molecular weight is 427 g/mol. The van der Waals surface area contributed by atoms with Crippen molar-refractivity contribution < 1.29 is 4.74 Å². The quantitative estimate of drug-likeness (QED) is 0.552. The molecule has 5 heteroatoms. The summed E-state index contributed by atoms with van der Waals surface area (Å²) in [7, 11) is 0. The molecule has 0 radical (unpaired) electrons. The highest BCUT2D eigenvalue weighted by atomic mass is 127. The summed E-state index contributed by atoms with van der Waals surface area (Å²) in [6.45, 7) is 0. The van der Waals surface area contributed by atoms with Gasteiger partial charge in [0.2, 0.25) is 0 Å². The first kappa shape index (κ1) is 12.8. The van der Waals surface area contributed by atoms with E-state index in [-0.39, 0.29) is 0 Å². The fraction of sp³-hybridized carbons (Fsp3) is 0. The van der Waals surface area contributed by atoms with Crippen LogP contribution in [-0.2, 0) is 0 Å². The van der Waals surface area contributed by atoms with Crippen LogP contribution >= 0.6 is 38.5 Å². The Morgan fingerprint density at radius 1 is 1.05 bits per heavy atom. The van der Waals surface area contributed by atoms with Gasteiger partial charge in [-0.15, -0.1) is 0 Å². The molecule has 0 aliphatic carbocycles. The van der Waals surface area contributed by atoms with E-state index in [2.05, 4.69) is 48.5 Å². The molecule has 0 saturated carbocycles. The number of halogens is 2. The van der Waals surface area contributed by atoms with Gasteiger partial charge in [-0.05, 0) is 56.7 Å². The third-order valence-corrected chi connectivity index (χ3v) is 3.89. The molecular formula is C14H8BrIN2O. The maximum atomic E-state index is 5.94. The highest BCUT2D eigenvalue weighted by Crippen LogP contribution is 2.30. The Morgan fingerprint density at radius 3 is 2.74 bits per heavy atom. The van der Waals surface area contributed by atoms with E-state index in [9.17, 15) is 0 Å². The Bertz CT molecular complexity index is 748. The maximum absolute atomic E-state index is 5.94. The summed E-state index contributed by atoms with van der Waals surface area (Å²) in [5, 5.41) is 0. The van der Waals surface area contributed by atoms with Gasteiger partial charge in [0.25, 0.3) is 0 Å². The van der Waals surface area contributed by atoms with Gasteiger partial charge in [-0.3, -0.25) is 4.98 Å². The standard InChI is InChI=1S/C14H8BrIN2O/c15-9-7-11-14(18-8-9)13(5-6-17-11)19-12-4-2-1-3-10(12)16/h1-8H. The van der Waals surface area contributed by atoms with Crippen molar-refractivity contribution in [3.63, 3.8) is 0 Å². The Morgan fingerprint density at radius 2 is 1.89 bits per heavy atom. The van der Waals surface area contributed by atoms with Crippen molar-refractivity contribution in [3.05, 3.63) is 56.8 Å². The highest BCUT2D eigenvalue weighted by molar-refractivity contribution is 14.1. The zero-order chi connectivity index (χ0) is 13.2. The van der Waals surface area contributed by atoms with Crippen LogP contribution in [-0.4, -0.2) is 9.97 Å². The Kier molecular flexibility index (Phi) is 3.65. The molecule has 2 aromatic heterocycles. The second-order valence-electron chi connectivity index (χ2n) is 3.86. The fourth-order valence-electron chi connectivity index (χ4n) is 1.71. The van der Waals surface area contributed by atoms with Crippen LogP contribution in [0.4, 0.5) is 0 Å². The lowest BCUT2D eigenvalue weighted by atomic mass is 10.3. The molecule has 0 unspecified atom stereocenters. The van der Waals surface area contributed by atoms with Crippen LogP contribution in [0.1, 0.15) is 0 Å². The molecule has 0 N–H and O–H groups in total. The second-order valence-corrected chi connectivity index (χ2v) is 5.94. The molecule has 19 heavy (non-hydrogen) atoms. The first-order valence-corrected chi connectivity index (χ1v) is 7.44. The van der Waals surface area contributed by atoms with E-state index >= 15 is 0 Å². The van der Waals surface area contributed by atoms with Crippen LogP contribution in [0.25, 0.3) is 11.0 Å². The number of nitrogens with zero attached hydrogens (tertiary/aromatic N) is 2. The van der Waals surface area contributed by atoms with Crippen molar-refractivity contribution in [1.82, 2.24) is 9.97 Å². The number of hydrogen-bond donors (Lipinski definition) is 0. The number of benzene rings is 1. The van der Waals surface area contributed by atoms with Gasteiger partial charge in [0.05, 0.1) is 9.09 Å². The smallest absolute Gasteiger partial charge is 0.156 e. The van der Waals surface area contributed by atoms with E-state index in [1.165, 1.54) is 0 Å². The van der Waals surface area contributed by atoms with Crippen molar-refractivity contribution in [3.8, 4) is 11.5 Å². The van der Waals surface area contributed by atoms with Crippen LogP contribution in [0.2, 0.25) is 0 Å². The minimum atomic E-state index is 0.710. The molecule has 0 saturated heterocycles. The van der Waals surface area contributed by atoms with Gasteiger partial charge >= 0.3 is 0 Å². The van der Waals surface area contributed by atoms with Crippen LogP contribution in [0.15, 0.2) is 53.3 Å². The van der Waals surface area contributed by atoms with Crippen molar-refractivity contribution in [2.24, 2.45) is 0 Å². The summed E-state index contributed by atoms with van der Waals surface area (Å²) < 4.78 is 7.90. The lowest BCUT2D eigenvalue weighted by Gasteiger charge is -2.09. The molecule has 0 spiro atoms. The third kappa shape index (κ3) is 2.71. The normalized spacial score (nSPS) is 10.6. The molecule has 3 aromatic rings. The van der Waals surface area contributed by atoms with Gasteiger partial charge in [0, 0.05) is 22.9 Å². The molecule has 3 nitrogen and oxygen atoms in total. The van der Waals surface area contributed by atoms with E-state index in [1.807, 2.05) is 36.4 Å². The van der Waals surface area contributed by atoms with Crippen LogP contribution in [0, 0.1) is 3.57 Å². The molecular weight excluding hydrogens is 419 g/mol. The van der Waals surface area contributed by atoms with E-state index in [1.54, 1.807) is 12.4 Å². The molecule has 0 amide bonds. The number of ether oxygens (including phenoxy) is 1. The van der Waals surface area contributed by atoms with Gasteiger partial charge in [-0.2, -0.15) is 0 Å². The lowest BCUT2D eigenvalue weighted by Crippen LogP contribution is -1.91. The minimum Gasteiger partial charge on any atom is -0.454 e. The summed E-state index contributed by atoms with van der Waals surface area (Å²) in [5.74, 6) is 1.53. The molecule has 3 rings (SSSR count). The lowest BCUT2D eigenvalue weighted by molar-refractivity contribution is 0.483. The Balaban J connectivity index is 2.09. The van der Waals surface area contributed by atoms with Crippen LogP contribution < -0.4 is 4.74 Å². The SMILES string of the molecule is Brc1cnc2c(Oc3ccccc3I)ccnc2c1. The number of para-hydroxylation sites is 1. The van der Waals surface area contributed by atoms with Gasteiger partial charge in [-0.1, -0.05) is 12.1 Å². The van der Waals surface area contributed by atoms with E-state index in [0.717, 1.165) is 24.8 Å². The topological polar surface area (TPSA) is 35.0 Å². The van der Waals surface area contributed by atoms with Crippen molar-refractivity contribution in [2.75, 3.05) is 0 Å². The summed E-state index contributed by atoms with van der Waals surface area (Å²) in [6, 6.07) is 11.6. The monoisotopic (exact) mass is 426 g/mol. The van der Waals surface area contributed by atoms with Crippen molar-refractivity contribution in [1.29, 1.82) is 0 Å². The molecule has 0 bridgehead atoms. The Labute approximate surface area is 132 Å². The molecule has 0 aliphatic rings. The largest absolute Gasteiger partial charge is 0.454 e. The minimum absolute atomic E-state index is 0.710. The van der Waals surface area contributed by atoms with Crippen LogP contribution in [0.3, 0.4) is 0 Å².